The second kappa shape index (κ2) is 25.3. The van der Waals surface area contributed by atoms with Gasteiger partial charge in [-0.15, -0.1) is 5.06 Å². The molecule has 5 aliphatic rings. The molecule has 420 valence electrons. The summed E-state index contributed by atoms with van der Waals surface area (Å²) in [6, 6.07) is 29.9. The second-order valence-corrected chi connectivity index (χ2v) is 24.5. The molecule has 5 heterocycles. The highest BCUT2D eigenvalue weighted by molar-refractivity contribution is 8.77. The summed E-state index contributed by atoms with van der Waals surface area (Å²) >= 11 is 0. The van der Waals surface area contributed by atoms with Crippen LogP contribution in [0.4, 0.5) is 22.7 Å². The molecule has 0 bridgehead atoms. The summed E-state index contributed by atoms with van der Waals surface area (Å²) in [4.78, 5) is 81.1. The maximum absolute atomic E-state index is 14.3. The number of aryl methyl sites for hydroxylation is 2. The number of hydrogen-bond acceptors (Lipinski definition) is 15. The molecule has 0 N–H and O–H groups in total. The molecule has 0 radical (unpaired) electrons. The van der Waals surface area contributed by atoms with E-state index in [4.69, 9.17) is 33.5 Å². The van der Waals surface area contributed by atoms with Crippen LogP contribution in [0.1, 0.15) is 113 Å². The minimum absolute atomic E-state index is 0.0315. The first-order valence-electron chi connectivity index (χ1n) is 27.7. The van der Waals surface area contributed by atoms with E-state index in [2.05, 4.69) is 56.0 Å². The van der Waals surface area contributed by atoms with Crippen molar-refractivity contribution < 1.29 is 52.5 Å². The number of hydrogen-bond donors (Lipinski definition) is 0. The highest BCUT2D eigenvalue weighted by Gasteiger charge is 2.39. The zero-order chi connectivity index (χ0) is 55.9. The van der Waals surface area contributed by atoms with Crippen LogP contribution in [-0.4, -0.2) is 110 Å². The van der Waals surface area contributed by atoms with E-state index in [1.54, 1.807) is 28.7 Å². The largest absolute Gasteiger partial charge is 0.493 e. The van der Waals surface area contributed by atoms with Crippen molar-refractivity contribution >= 4 is 80.1 Å². The Hall–Kier alpha value is -6.86. The quantitative estimate of drug-likeness (QED) is 0.0308. The topological polar surface area (TPSA) is 166 Å². The number of aliphatic imine (C=N–C) groups is 1. The Morgan fingerprint density at radius 3 is 2.14 bits per heavy atom. The smallest absolute Gasteiger partial charge is 0.333 e. The molecule has 0 spiro atoms. The number of para-hydroxylation sites is 2. The van der Waals surface area contributed by atoms with Gasteiger partial charge in [0, 0.05) is 96.8 Å². The van der Waals surface area contributed by atoms with Crippen LogP contribution in [0.25, 0.3) is 0 Å². The summed E-state index contributed by atoms with van der Waals surface area (Å²) < 4.78 is 30.9. The molecule has 2 atom stereocenters. The molecule has 0 aromatic heterocycles. The third kappa shape index (κ3) is 12.8. The van der Waals surface area contributed by atoms with E-state index in [0.29, 0.717) is 104 Å². The first-order valence-corrected chi connectivity index (χ1v) is 30.0. The number of carbonyl (C=O) groups is 5. The summed E-state index contributed by atoms with van der Waals surface area (Å²) in [6.07, 6.45) is 6.54. The summed E-state index contributed by atoms with van der Waals surface area (Å²) in [5.74, 6) is 0.551. The molecule has 18 heteroatoms. The Morgan fingerprint density at radius 2 is 1.41 bits per heavy atom. The number of rotatable bonds is 25. The third-order valence-electron chi connectivity index (χ3n) is 14.9. The Bertz CT molecular complexity index is 3170. The van der Waals surface area contributed by atoms with Gasteiger partial charge in [0.1, 0.15) is 19.0 Å². The fourth-order valence-corrected chi connectivity index (χ4v) is 13.6. The van der Waals surface area contributed by atoms with Crippen molar-refractivity contribution in [3.05, 3.63) is 136 Å². The molecule has 16 nitrogen and oxygen atoms in total. The lowest BCUT2D eigenvalue weighted by atomic mass is 9.99. The number of fused-ring (bicyclic) bond motifs is 8. The van der Waals surface area contributed by atoms with E-state index in [0.717, 1.165) is 64.1 Å². The first-order chi connectivity index (χ1) is 38.8. The highest BCUT2D eigenvalue weighted by atomic mass is 33.1. The van der Waals surface area contributed by atoms with Gasteiger partial charge in [-0.3, -0.25) is 29.1 Å². The second-order valence-electron chi connectivity index (χ2n) is 21.4. The molecule has 4 amide bonds. The number of amides is 4. The molecule has 5 aromatic rings. The van der Waals surface area contributed by atoms with Crippen LogP contribution in [0.15, 0.2) is 96.0 Å². The van der Waals surface area contributed by atoms with Gasteiger partial charge in [-0.25, -0.2) is 4.79 Å². The van der Waals surface area contributed by atoms with Crippen molar-refractivity contribution in [2.75, 3.05) is 67.1 Å². The number of methoxy groups -OCH3 is 1. The molecule has 0 unspecified atom stereocenters. The first kappa shape index (κ1) is 56.4. The summed E-state index contributed by atoms with van der Waals surface area (Å²) in [5.41, 5.74) is 10.3. The number of ether oxygens (including phenoxy) is 5. The lowest BCUT2D eigenvalue weighted by molar-refractivity contribution is -0.197. The monoisotopic (exact) mass is 1120 g/mol. The average Bonchev–Trinajstić information content (AvgIpc) is 4.21. The van der Waals surface area contributed by atoms with E-state index in [-0.39, 0.29) is 61.1 Å². The van der Waals surface area contributed by atoms with E-state index in [9.17, 15) is 24.0 Å². The number of imide groups is 1. The van der Waals surface area contributed by atoms with E-state index >= 15 is 0 Å². The molecule has 10 rings (SSSR count). The van der Waals surface area contributed by atoms with E-state index < -0.39 is 17.8 Å². The van der Waals surface area contributed by atoms with Gasteiger partial charge in [-0.2, -0.15) is 0 Å². The predicted molar refractivity (Wildman–Crippen MR) is 312 cm³/mol. The summed E-state index contributed by atoms with van der Waals surface area (Å²) in [5, 5.41) is 0.592. The number of benzene rings is 5. The molecule has 5 aromatic carbocycles. The maximum atomic E-state index is 14.3. The molecule has 1 fully saturated rings. The standard InChI is InChI=1S/C62H69N5O11S2/c1-6-22-74-24-25-75-23-21-64(39-62(3,4)80-79-26-11-16-59(70)78-67-57(68)19-20-58(67)69)47-29-41(37-76-54-35-51-50(27-40(54)2)61(72)66-48(36-63-51)32-45-13-8-10-15-53(45)66)28-42(30-47)38-77-56-33-43-17-18-46-31-44-12-7-9-14-52(44)65(46)60(71)49(43)34-55(56)73-5/h7-10,12-15,27-30,33-36,46,48H,6,11,16-26,31-32,37-39H2,1-5H3/t46-,48+/m1/s1. The van der Waals surface area contributed by atoms with Crippen LogP contribution < -0.4 is 28.9 Å². The fourth-order valence-electron chi connectivity index (χ4n) is 11.0. The maximum Gasteiger partial charge on any atom is 0.333 e. The molecule has 1 saturated heterocycles. The van der Waals surface area contributed by atoms with Gasteiger partial charge >= 0.3 is 5.97 Å². The molecular formula is C62H69N5O11S2. The lowest BCUT2D eigenvalue weighted by Gasteiger charge is -2.34. The van der Waals surface area contributed by atoms with Crippen LogP contribution in [0.5, 0.6) is 17.2 Å². The van der Waals surface area contributed by atoms with Crippen molar-refractivity contribution in [2.45, 2.75) is 116 Å². The Balaban J connectivity index is 0.900. The van der Waals surface area contributed by atoms with Crippen molar-refractivity contribution in [3.63, 3.8) is 0 Å². The van der Waals surface area contributed by atoms with Crippen molar-refractivity contribution in [2.24, 2.45) is 4.99 Å². The van der Waals surface area contributed by atoms with E-state index in [1.165, 1.54) is 5.56 Å². The zero-order valence-electron chi connectivity index (χ0n) is 46.2. The molecule has 0 aliphatic carbocycles. The molecule has 0 saturated carbocycles. The van der Waals surface area contributed by atoms with Crippen LogP contribution in [0.2, 0.25) is 0 Å². The van der Waals surface area contributed by atoms with Crippen molar-refractivity contribution in [3.8, 4) is 17.2 Å². The number of hydroxylamine groups is 2. The Morgan fingerprint density at radius 1 is 0.738 bits per heavy atom. The Kier molecular flexibility index (Phi) is 17.8. The van der Waals surface area contributed by atoms with Crippen LogP contribution >= 0.6 is 21.6 Å². The van der Waals surface area contributed by atoms with Gasteiger partial charge in [0.25, 0.3) is 23.6 Å². The number of carbonyl (C=O) groups excluding carboxylic acids is 5. The van der Waals surface area contributed by atoms with Gasteiger partial charge in [-0.1, -0.05) is 64.9 Å². The van der Waals surface area contributed by atoms with Gasteiger partial charge in [0.2, 0.25) is 0 Å². The molecular weight excluding hydrogens is 1050 g/mol. The van der Waals surface area contributed by atoms with Crippen molar-refractivity contribution in [1.29, 1.82) is 0 Å². The number of nitrogens with zero attached hydrogens (tertiary/aromatic N) is 5. The fraction of sp³-hybridized carbons (Fsp3) is 0.419. The molecule has 5 aliphatic heterocycles. The minimum atomic E-state index is -0.608. The van der Waals surface area contributed by atoms with Crippen LogP contribution in [0, 0.1) is 6.92 Å². The highest BCUT2D eigenvalue weighted by Crippen LogP contribution is 2.43. The summed E-state index contributed by atoms with van der Waals surface area (Å²) in [6.45, 7) is 12.0. The number of anilines is 3. The lowest BCUT2D eigenvalue weighted by Crippen LogP contribution is -2.38. The van der Waals surface area contributed by atoms with Crippen LogP contribution in [0.3, 0.4) is 0 Å². The van der Waals surface area contributed by atoms with Crippen LogP contribution in [-0.2, 0) is 61.2 Å². The van der Waals surface area contributed by atoms with Gasteiger partial charge in [-0.05, 0) is 135 Å². The zero-order valence-corrected chi connectivity index (χ0v) is 47.8. The SMILES string of the molecule is CCCOCCOCCN(CC(C)(C)SSCCCC(=O)ON1C(=O)CCC1=O)c1cc(COc2cc3c(cc2C)C(=O)N2c4ccccc4C[C@H]2C=N3)cc(COc2cc3c(cc2OC)C(=O)N2c4ccccc4C[C@H]2CC3)c1. The third-order valence-corrected chi connectivity index (χ3v) is 18.2. The van der Waals surface area contributed by atoms with Gasteiger partial charge in [0.15, 0.2) is 11.5 Å². The predicted octanol–water partition coefficient (Wildman–Crippen LogP) is 10.8. The van der Waals surface area contributed by atoms with Gasteiger partial charge in [0.05, 0.1) is 44.2 Å². The van der Waals surface area contributed by atoms with Gasteiger partial charge < -0.3 is 38.3 Å². The Labute approximate surface area is 475 Å². The normalized spacial score (nSPS) is 17.1. The molecule has 80 heavy (non-hydrogen) atoms. The summed E-state index contributed by atoms with van der Waals surface area (Å²) in [7, 11) is 4.96. The van der Waals surface area contributed by atoms with E-state index in [1.807, 2.05) is 83.6 Å². The average molecular weight is 1120 g/mol. The van der Waals surface area contributed by atoms with Crippen molar-refractivity contribution in [1.82, 2.24) is 5.06 Å². The minimum Gasteiger partial charge on any atom is -0.493 e.